The Balaban J connectivity index is 1.75. The average Bonchev–Trinajstić information content (AvgIpc) is 2.93. The van der Waals surface area contributed by atoms with Gasteiger partial charge in [0.2, 0.25) is 0 Å². The largest absolute Gasteiger partial charge is 0.291 e. The van der Waals surface area contributed by atoms with Gasteiger partial charge in [-0.15, -0.1) is 0 Å². The van der Waals surface area contributed by atoms with Crippen LogP contribution in [0.3, 0.4) is 0 Å². The lowest BCUT2D eigenvalue weighted by Crippen LogP contribution is -2.10. The van der Waals surface area contributed by atoms with Crippen LogP contribution in [-0.2, 0) is 16.3 Å². The fourth-order valence-electron chi connectivity index (χ4n) is 2.35. The van der Waals surface area contributed by atoms with E-state index in [0.717, 1.165) is 12.0 Å². The Labute approximate surface area is 124 Å². The zero-order valence-corrected chi connectivity index (χ0v) is 12.3. The third kappa shape index (κ3) is 2.97. The van der Waals surface area contributed by atoms with Crippen molar-refractivity contribution in [2.75, 3.05) is 5.75 Å². The molecule has 4 nitrogen and oxygen atoms in total. The van der Waals surface area contributed by atoms with Crippen LogP contribution in [0.2, 0.25) is 0 Å². The minimum atomic E-state index is -3.31. The molecule has 108 valence electrons. The second-order valence-electron chi connectivity index (χ2n) is 4.93. The minimum absolute atomic E-state index is 0.130. The van der Waals surface area contributed by atoms with E-state index in [-0.39, 0.29) is 10.8 Å². The van der Waals surface area contributed by atoms with Crippen LogP contribution in [0.1, 0.15) is 12.0 Å². The van der Waals surface area contributed by atoms with Crippen molar-refractivity contribution in [3.05, 3.63) is 66.5 Å². The summed E-state index contributed by atoms with van der Waals surface area (Å²) in [5, 5.41) is 0.270. The van der Waals surface area contributed by atoms with E-state index in [1.807, 2.05) is 36.4 Å². The van der Waals surface area contributed by atoms with Crippen molar-refractivity contribution in [2.24, 2.45) is 0 Å². The molecule has 3 rings (SSSR count). The Morgan fingerprint density at radius 3 is 2.57 bits per heavy atom. The number of nitrogens with zero attached hydrogens (tertiary/aromatic N) is 2. The van der Waals surface area contributed by atoms with Gasteiger partial charge in [-0.2, -0.15) is 0 Å². The molecule has 0 amide bonds. The molecule has 0 aliphatic heterocycles. The van der Waals surface area contributed by atoms with E-state index in [9.17, 15) is 8.42 Å². The molecule has 2 heterocycles. The third-order valence-corrected chi connectivity index (χ3v) is 5.19. The maximum Gasteiger partial charge on any atom is 0.195 e. The fraction of sp³-hybridized carbons (Fsp3) is 0.188. The Bertz CT molecular complexity index is 839. The minimum Gasteiger partial charge on any atom is -0.291 e. The van der Waals surface area contributed by atoms with E-state index in [2.05, 4.69) is 4.98 Å². The molecule has 5 heteroatoms. The van der Waals surface area contributed by atoms with Crippen LogP contribution in [0, 0.1) is 0 Å². The molecule has 0 aliphatic carbocycles. The van der Waals surface area contributed by atoms with Crippen molar-refractivity contribution in [1.29, 1.82) is 0 Å². The Kier molecular flexibility index (Phi) is 3.75. The van der Waals surface area contributed by atoms with E-state index in [1.54, 1.807) is 22.7 Å². The smallest absolute Gasteiger partial charge is 0.195 e. The summed E-state index contributed by atoms with van der Waals surface area (Å²) in [6.07, 6.45) is 4.53. The first-order valence-corrected chi connectivity index (χ1v) is 8.51. The molecule has 1 aromatic carbocycles. The summed E-state index contributed by atoms with van der Waals surface area (Å²) in [6.45, 7) is 0. The highest BCUT2D eigenvalue weighted by Crippen LogP contribution is 2.15. The lowest BCUT2D eigenvalue weighted by Gasteiger charge is -2.04. The van der Waals surface area contributed by atoms with E-state index in [0.29, 0.717) is 12.1 Å². The van der Waals surface area contributed by atoms with Gasteiger partial charge in [-0.25, -0.2) is 13.4 Å². The molecular weight excluding hydrogens is 284 g/mol. The summed E-state index contributed by atoms with van der Waals surface area (Å²) < 4.78 is 26.5. The van der Waals surface area contributed by atoms with Crippen LogP contribution in [0.5, 0.6) is 0 Å². The first-order valence-electron chi connectivity index (χ1n) is 6.85. The standard InChI is InChI=1S/C16H16N2O2S/c19-21(20,12-6-9-14-7-2-1-3-8-14)16-13-17-15-10-4-5-11-18(15)16/h1-5,7-8,10-11,13H,6,9,12H2. The van der Waals surface area contributed by atoms with E-state index < -0.39 is 9.84 Å². The summed E-state index contributed by atoms with van der Waals surface area (Å²) in [4.78, 5) is 4.13. The van der Waals surface area contributed by atoms with Crippen LogP contribution < -0.4 is 0 Å². The normalized spacial score (nSPS) is 11.8. The van der Waals surface area contributed by atoms with Gasteiger partial charge in [0.1, 0.15) is 5.65 Å². The zero-order chi connectivity index (χ0) is 14.7. The fourth-order valence-corrected chi connectivity index (χ4v) is 3.76. The molecule has 0 unspecified atom stereocenters. The number of hydrogen-bond donors (Lipinski definition) is 0. The molecule has 0 saturated heterocycles. The van der Waals surface area contributed by atoms with Gasteiger partial charge in [-0.05, 0) is 30.5 Å². The molecule has 0 atom stereocenters. The third-order valence-electron chi connectivity index (χ3n) is 3.42. The van der Waals surface area contributed by atoms with E-state index >= 15 is 0 Å². The van der Waals surface area contributed by atoms with Crippen LogP contribution in [0.15, 0.2) is 66.0 Å². The van der Waals surface area contributed by atoms with Gasteiger partial charge >= 0.3 is 0 Å². The highest BCUT2D eigenvalue weighted by Gasteiger charge is 2.18. The number of pyridine rings is 1. The molecule has 0 fully saturated rings. The predicted octanol–water partition coefficient (Wildman–Crippen LogP) is 2.74. The SMILES string of the molecule is O=S(=O)(CCCc1ccccc1)c1cnc2ccccn12. The molecular formula is C16H16N2O2S. The number of hydrogen-bond acceptors (Lipinski definition) is 3. The molecule has 21 heavy (non-hydrogen) atoms. The zero-order valence-electron chi connectivity index (χ0n) is 11.5. The summed E-state index contributed by atoms with van der Waals surface area (Å²) in [6, 6.07) is 15.4. The molecule has 0 bridgehead atoms. The number of aryl methyl sites for hydroxylation is 1. The van der Waals surface area contributed by atoms with Crippen molar-refractivity contribution in [2.45, 2.75) is 17.9 Å². The van der Waals surface area contributed by atoms with Gasteiger partial charge < -0.3 is 0 Å². The first kappa shape index (κ1) is 13.8. The quantitative estimate of drug-likeness (QED) is 0.728. The Morgan fingerprint density at radius 2 is 1.76 bits per heavy atom. The van der Waals surface area contributed by atoms with Gasteiger partial charge in [-0.3, -0.25) is 4.40 Å². The van der Waals surface area contributed by atoms with Gasteiger partial charge in [0.25, 0.3) is 0 Å². The molecule has 3 aromatic rings. The molecule has 0 radical (unpaired) electrons. The van der Waals surface area contributed by atoms with Crippen LogP contribution >= 0.6 is 0 Å². The molecule has 0 spiro atoms. The van der Waals surface area contributed by atoms with Gasteiger partial charge in [0.15, 0.2) is 14.9 Å². The molecule has 2 aromatic heterocycles. The summed E-state index contributed by atoms with van der Waals surface area (Å²) in [7, 11) is -3.31. The van der Waals surface area contributed by atoms with Gasteiger partial charge in [0, 0.05) is 6.20 Å². The number of benzene rings is 1. The molecule has 0 N–H and O–H groups in total. The van der Waals surface area contributed by atoms with Crippen LogP contribution in [0.25, 0.3) is 5.65 Å². The van der Waals surface area contributed by atoms with Crippen molar-refractivity contribution < 1.29 is 8.42 Å². The lowest BCUT2D eigenvalue weighted by molar-refractivity contribution is 0.588. The maximum absolute atomic E-state index is 12.4. The molecule has 0 aliphatic rings. The summed E-state index contributed by atoms with van der Waals surface area (Å²) >= 11 is 0. The highest BCUT2D eigenvalue weighted by molar-refractivity contribution is 7.91. The molecule has 0 saturated carbocycles. The van der Waals surface area contributed by atoms with Crippen LogP contribution in [0.4, 0.5) is 0 Å². The number of sulfone groups is 1. The van der Waals surface area contributed by atoms with Crippen molar-refractivity contribution >= 4 is 15.5 Å². The number of fused-ring (bicyclic) bond motifs is 1. The number of rotatable bonds is 5. The second-order valence-corrected chi connectivity index (χ2v) is 6.99. The van der Waals surface area contributed by atoms with Gasteiger partial charge in [-0.1, -0.05) is 36.4 Å². The number of imidazole rings is 1. The van der Waals surface area contributed by atoms with E-state index in [1.165, 1.54) is 6.20 Å². The van der Waals surface area contributed by atoms with Crippen molar-refractivity contribution in [1.82, 2.24) is 9.38 Å². The first-order chi connectivity index (χ1) is 10.2. The Morgan fingerprint density at radius 1 is 1.00 bits per heavy atom. The summed E-state index contributed by atoms with van der Waals surface area (Å²) in [5.74, 6) is 0.130. The Hall–Kier alpha value is -2.14. The van der Waals surface area contributed by atoms with Gasteiger partial charge in [0.05, 0.1) is 11.9 Å². The van der Waals surface area contributed by atoms with Crippen molar-refractivity contribution in [3.8, 4) is 0 Å². The summed E-state index contributed by atoms with van der Waals surface area (Å²) in [5.41, 5.74) is 1.81. The monoisotopic (exact) mass is 300 g/mol. The van der Waals surface area contributed by atoms with Crippen molar-refractivity contribution in [3.63, 3.8) is 0 Å². The topological polar surface area (TPSA) is 51.4 Å². The second kappa shape index (κ2) is 5.69. The van der Waals surface area contributed by atoms with Crippen LogP contribution in [-0.4, -0.2) is 23.6 Å². The lowest BCUT2D eigenvalue weighted by atomic mass is 10.1. The number of aromatic nitrogens is 2. The van der Waals surface area contributed by atoms with E-state index in [4.69, 9.17) is 0 Å². The predicted molar refractivity (Wildman–Crippen MR) is 82.0 cm³/mol. The average molecular weight is 300 g/mol. The highest BCUT2D eigenvalue weighted by atomic mass is 32.2. The maximum atomic E-state index is 12.4.